The fourth-order valence-corrected chi connectivity index (χ4v) is 2.82. The van der Waals surface area contributed by atoms with Crippen LogP contribution < -0.4 is 4.74 Å². The normalized spacial score (nSPS) is 10.7. The highest BCUT2D eigenvalue weighted by Crippen LogP contribution is 2.34. The van der Waals surface area contributed by atoms with E-state index in [1.165, 1.54) is 0 Å². The Morgan fingerprint density at radius 3 is 2.83 bits per heavy atom. The number of hydrogen-bond donors (Lipinski definition) is 2. The molecule has 0 bridgehead atoms. The number of rotatable bonds is 5. The van der Waals surface area contributed by atoms with Crippen molar-refractivity contribution in [1.82, 2.24) is 15.0 Å². The molecule has 5 nitrogen and oxygen atoms in total. The van der Waals surface area contributed by atoms with Crippen molar-refractivity contribution in [2.24, 2.45) is 0 Å². The molecule has 118 valence electrons. The van der Waals surface area contributed by atoms with E-state index in [-0.39, 0.29) is 6.61 Å². The molecule has 2 N–H and O–H groups in total. The lowest BCUT2D eigenvalue weighted by atomic mass is 10.2. The van der Waals surface area contributed by atoms with E-state index in [0.717, 1.165) is 21.8 Å². The Balaban J connectivity index is 2.10. The van der Waals surface area contributed by atoms with Crippen molar-refractivity contribution in [1.29, 1.82) is 0 Å². The highest BCUT2D eigenvalue weighted by Gasteiger charge is 2.16. The second-order valence-corrected chi connectivity index (χ2v) is 5.76. The van der Waals surface area contributed by atoms with Gasteiger partial charge < -0.3 is 14.8 Å². The van der Waals surface area contributed by atoms with Crippen molar-refractivity contribution in [2.75, 3.05) is 13.4 Å². The number of methoxy groups -OCH3 is 1. The Morgan fingerprint density at radius 1 is 1.30 bits per heavy atom. The third kappa shape index (κ3) is 3.09. The maximum Gasteiger partial charge on any atom is 0.142 e. The van der Waals surface area contributed by atoms with Crippen LogP contribution in [0.5, 0.6) is 5.75 Å². The number of aliphatic hydroxyl groups is 1. The van der Waals surface area contributed by atoms with Gasteiger partial charge in [0.05, 0.1) is 30.7 Å². The summed E-state index contributed by atoms with van der Waals surface area (Å²) in [5.74, 6) is 1.41. The topological polar surface area (TPSA) is 71.0 Å². The fourth-order valence-electron chi connectivity index (χ4n) is 2.39. The Kier molecular flexibility index (Phi) is 4.64. The first-order valence-corrected chi connectivity index (χ1v) is 8.31. The Hall–Kier alpha value is -2.31. The minimum absolute atomic E-state index is 0.123. The van der Waals surface area contributed by atoms with Gasteiger partial charge in [-0.3, -0.25) is 4.98 Å². The Bertz CT molecular complexity index is 803. The average Bonchev–Trinajstić information content (AvgIpc) is 3.06. The van der Waals surface area contributed by atoms with Crippen LogP contribution >= 0.6 is 11.8 Å². The van der Waals surface area contributed by atoms with Gasteiger partial charge in [0, 0.05) is 22.9 Å². The van der Waals surface area contributed by atoms with Crippen LogP contribution in [0, 0.1) is 0 Å². The quantitative estimate of drug-likeness (QED) is 0.703. The third-order valence-corrected chi connectivity index (χ3v) is 4.26. The average molecular weight is 327 g/mol. The van der Waals surface area contributed by atoms with Gasteiger partial charge in [0.25, 0.3) is 0 Å². The second-order valence-electron chi connectivity index (χ2n) is 4.88. The van der Waals surface area contributed by atoms with Gasteiger partial charge in [-0.25, -0.2) is 4.98 Å². The minimum Gasteiger partial charge on any atom is -0.496 e. The smallest absolute Gasteiger partial charge is 0.142 e. The number of aromatic amines is 1. The summed E-state index contributed by atoms with van der Waals surface area (Å²) in [6, 6.07) is 9.73. The predicted molar refractivity (Wildman–Crippen MR) is 91.5 cm³/mol. The van der Waals surface area contributed by atoms with Gasteiger partial charge in [-0.2, -0.15) is 0 Å². The second kappa shape index (κ2) is 6.85. The molecular formula is C17H17N3O2S. The molecule has 2 aromatic heterocycles. The number of ether oxygens (including phenoxy) is 1. The summed E-state index contributed by atoms with van der Waals surface area (Å²) in [4.78, 5) is 13.1. The minimum atomic E-state index is -0.123. The van der Waals surface area contributed by atoms with Crippen molar-refractivity contribution in [3.63, 3.8) is 0 Å². The van der Waals surface area contributed by atoms with Crippen LogP contribution in [0.4, 0.5) is 0 Å². The fraction of sp³-hybridized carbons (Fsp3) is 0.176. The van der Waals surface area contributed by atoms with Crippen LogP contribution in [0.2, 0.25) is 0 Å². The number of imidazole rings is 1. The van der Waals surface area contributed by atoms with Crippen molar-refractivity contribution < 1.29 is 9.84 Å². The zero-order valence-electron chi connectivity index (χ0n) is 12.9. The molecule has 1 aromatic carbocycles. The third-order valence-electron chi connectivity index (χ3n) is 3.54. The number of thioether (sulfide) groups is 1. The first kappa shape index (κ1) is 15.6. The Morgan fingerprint density at radius 2 is 2.17 bits per heavy atom. The van der Waals surface area contributed by atoms with Gasteiger partial charge in [-0.05, 0) is 36.6 Å². The first-order chi connectivity index (χ1) is 11.3. The lowest BCUT2D eigenvalue weighted by Gasteiger charge is -2.07. The molecule has 0 atom stereocenters. The summed E-state index contributed by atoms with van der Waals surface area (Å²) < 4.78 is 5.48. The molecule has 3 aromatic rings. The van der Waals surface area contributed by atoms with Crippen LogP contribution in [-0.4, -0.2) is 33.4 Å². The van der Waals surface area contributed by atoms with Crippen molar-refractivity contribution in [3.8, 4) is 28.4 Å². The molecule has 6 heteroatoms. The summed E-state index contributed by atoms with van der Waals surface area (Å²) in [5.41, 5.74) is 3.07. The summed E-state index contributed by atoms with van der Waals surface area (Å²) in [6.07, 6.45) is 5.46. The maximum atomic E-state index is 9.62. The number of hydrogen-bond acceptors (Lipinski definition) is 5. The van der Waals surface area contributed by atoms with E-state index < -0.39 is 0 Å². The first-order valence-electron chi connectivity index (χ1n) is 7.09. The van der Waals surface area contributed by atoms with Gasteiger partial charge in [0.2, 0.25) is 0 Å². The van der Waals surface area contributed by atoms with Gasteiger partial charge in [-0.15, -0.1) is 11.8 Å². The molecule has 0 aliphatic rings. The van der Waals surface area contributed by atoms with Crippen molar-refractivity contribution in [2.45, 2.75) is 11.5 Å². The van der Waals surface area contributed by atoms with Crippen LogP contribution in [0.1, 0.15) is 5.69 Å². The zero-order valence-corrected chi connectivity index (χ0v) is 13.7. The number of aromatic nitrogens is 3. The lowest BCUT2D eigenvalue weighted by Crippen LogP contribution is -1.90. The molecule has 0 fully saturated rings. The number of benzene rings is 1. The van der Waals surface area contributed by atoms with E-state index in [2.05, 4.69) is 15.0 Å². The van der Waals surface area contributed by atoms with Gasteiger partial charge in [-0.1, -0.05) is 0 Å². The summed E-state index contributed by atoms with van der Waals surface area (Å²) >= 11 is 1.65. The van der Waals surface area contributed by atoms with E-state index in [0.29, 0.717) is 17.2 Å². The Labute approximate surface area is 138 Å². The number of pyridine rings is 1. The van der Waals surface area contributed by atoms with Crippen LogP contribution in [0.15, 0.2) is 47.6 Å². The molecule has 3 rings (SSSR count). The molecule has 0 aliphatic carbocycles. The molecule has 23 heavy (non-hydrogen) atoms. The summed E-state index contributed by atoms with van der Waals surface area (Å²) in [5, 5.41) is 9.62. The number of aliphatic hydroxyl groups excluding tert-OH is 1. The van der Waals surface area contributed by atoms with Crippen LogP contribution in [-0.2, 0) is 6.61 Å². The monoisotopic (exact) mass is 327 g/mol. The molecule has 0 unspecified atom stereocenters. The van der Waals surface area contributed by atoms with Gasteiger partial charge >= 0.3 is 0 Å². The molecule has 2 heterocycles. The lowest BCUT2D eigenvalue weighted by molar-refractivity contribution is 0.278. The number of nitrogens with one attached hydrogen (secondary N) is 1. The van der Waals surface area contributed by atoms with E-state index in [1.807, 2.05) is 36.6 Å². The van der Waals surface area contributed by atoms with Crippen LogP contribution in [0.25, 0.3) is 22.6 Å². The summed E-state index contributed by atoms with van der Waals surface area (Å²) in [7, 11) is 1.64. The zero-order chi connectivity index (χ0) is 16.2. The predicted octanol–water partition coefficient (Wildman–Crippen LogP) is 3.36. The summed E-state index contributed by atoms with van der Waals surface area (Å²) in [6.45, 7) is -0.123. The van der Waals surface area contributed by atoms with Crippen molar-refractivity contribution in [3.05, 3.63) is 48.4 Å². The van der Waals surface area contributed by atoms with Gasteiger partial charge in [0.15, 0.2) is 0 Å². The van der Waals surface area contributed by atoms with Gasteiger partial charge in [0.1, 0.15) is 11.6 Å². The molecule has 0 spiro atoms. The molecule has 0 saturated carbocycles. The maximum absolute atomic E-state index is 9.62. The van der Waals surface area contributed by atoms with Crippen LogP contribution in [0.3, 0.4) is 0 Å². The standard InChI is InChI=1S/C17H17N3O2S/c1-22-15-8-12(23-2)5-6-13(15)17-19-14(10-21)16(20-17)11-4-3-7-18-9-11/h3-9,21H,10H2,1-2H3,(H,19,20). The van der Waals surface area contributed by atoms with Crippen molar-refractivity contribution >= 4 is 11.8 Å². The highest BCUT2D eigenvalue weighted by atomic mass is 32.2. The molecular weight excluding hydrogens is 310 g/mol. The van der Waals surface area contributed by atoms with E-state index in [4.69, 9.17) is 4.74 Å². The molecule has 0 aliphatic heterocycles. The SMILES string of the molecule is COc1cc(SC)ccc1-c1nc(-c2cccnc2)c(CO)[nH]1. The highest BCUT2D eigenvalue weighted by molar-refractivity contribution is 7.98. The number of H-pyrrole nitrogens is 1. The van der Waals surface area contributed by atoms with E-state index in [1.54, 1.807) is 31.3 Å². The largest absolute Gasteiger partial charge is 0.496 e. The number of nitrogens with zero attached hydrogens (tertiary/aromatic N) is 2. The molecule has 0 amide bonds. The molecule has 0 radical (unpaired) electrons. The van der Waals surface area contributed by atoms with E-state index in [9.17, 15) is 5.11 Å². The molecule has 0 saturated heterocycles. The van der Waals surface area contributed by atoms with E-state index >= 15 is 0 Å².